The molecule has 1 saturated carbocycles. The van der Waals surface area contributed by atoms with Crippen molar-refractivity contribution in [2.75, 3.05) is 19.6 Å². The van der Waals surface area contributed by atoms with Crippen LogP contribution in [0.25, 0.3) is 0 Å². The van der Waals surface area contributed by atoms with Gasteiger partial charge in [0.15, 0.2) is 5.96 Å². The average molecular weight is 397 g/mol. The van der Waals surface area contributed by atoms with Crippen molar-refractivity contribution in [2.24, 2.45) is 12.0 Å². The number of aryl methyl sites for hydroxylation is 1. The van der Waals surface area contributed by atoms with Crippen LogP contribution >= 0.6 is 0 Å². The molecular weight excluding hydrogens is 364 g/mol. The first-order chi connectivity index (χ1) is 14.2. The first-order valence-electron chi connectivity index (χ1n) is 10.8. The fourth-order valence-electron chi connectivity index (χ4n) is 4.28. The Morgan fingerprint density at radius 1 is 1.31 bits per heavy atom. The second-order valence-corrected chi connectivity index (χ2v) is 8.04. The molecule has 0 spiro atoms. The monoisotopic (exact) mass is 396 g/mol. The summed E-state index contributed by atoms with van der Waals surface area (Å²) in [6.07, 6.45) is 12.1. The molecule has 4 rings (SSSR count). The lowest BCUT2D eigenvalue weighted by Gasteiger charge is -2.22. The summed E-state index contributed by atoms with van der Waals surface area (Å²) in [5.74, 6) is 2.22. The van der Waals surface area contributed by atoms with Crippen molar-refractivity contribution in [3.63, 3.8) is 0 Å². The number of likely N-dealkylation sites (tertiary alicyclic amines) is 1. The summed E-state index contributed by atoms with van der Waals surface area (Å²) in [7, 11) is 1.97. The van der Waals surface area contributed by atoms with Gasteiger partial charge in [0.1, 0.15) is 6.10 Å². The largest absolute Gasteiger partial charge is 0.474 e. The smallest absolute Gasteiger partial charge is 0.218 e. The van der Waals surface area contributed by atoms with Crippen LogP contribution in [0.5, 0.6) is 5.88 Å². The summed E-state index contributed by atoms with van der Waals surface area (Å²) in [4.78, 5) is 11.8. The summed E-state index contributed by atoms with van der Waals surface area (Å²) < 4.78 is 8.06. The molecule has 0 radical (unpaired) electrons. The van der Waals surface area contributed by atoms with Crippen molar-refractivity contribution >= 4 is 5.96 Å². The van der Waals surface area contributed by atoms with Crippen LogP contribution in [0, 0.1) is 0 Å². The summed E-state index contributed by atoms with van der Waals surface area (Å²) in [6.45, 7) is 5.51. The third-order valence-electron chi connectivity index (χ3n) is 5.85. The molecule has 1 atom stereocenters. The van der Waals surface area contributed by atoms with Gasteiger partial charge in [0.2, 0.25) is 5.88 Å². The summed E-state index contributed by atoms with van der Waals surface area (Å²) >= 11 is 0. The highest BCUT2D eigenvalue weighted by molar-refractivity contribution is 5.80. The fraction of sp³-hybridized carbons (Fsp3) is 0.591. The Morgan fingerprint density at radius 3 is 2.93 bits per heavy atom. The molecule has 2 aromatic heterocycles. The van der Waals surface area contributed by atoms with E-state index in [9.17, 15) is 0 Å². The molecule has 156 valence electrons. The molecule has 2 aromatic rings. The molecule has 7 nitrogen and oxygen atoms in total. The standard InChI is InChI=1S/C22H32N6O/c1-3-23-22(28-12-10-18(16-28)19-14-26-27(2)15-19)25-13-17-7-6-11-24-21(17)29-20-8-4-5-9-20/h6-7,11,14-15,18,20H,3-5,8-10,12-13,16H2,1-2H3,(H,23,25). The predicted octanol–water partition coefficient (Wildman–Crippen LogP) is 3.09. The van der Waals surface area contributed by atoms with Gasteiger partial charge in [-0.3, -0.25) is 4.68 Å². The van der Waals surface area contributed by atoms with E-state index in [1.807, 2.05) is 30.2 Å². The van der Waals surface area contributed by atoms with E-state index >= 15 is 0 Å². The molecule has 1 saturated heterocycles. The van der Waals surface area contributed by atoms with E-state index in [4.69, 9.17) is 9.73 Å². The molecule has 0 aromatic carbocycles. The Bertz CT molecular complexity index is 826. The highest BCUT2D eigenvalue weighted by atomic mass is 16.5. The molecule has 1 N–H and O–H groups in total. The number of rotatable bonds is 6. The number of nitrogens with zero attached hydrogens (tertiary/aromatic N) is 5. The minimum Gasteiger partial charge on any atom is -0.474 e. The molecule has 2 fully saturated rings. The molecule has 1 aliphatic heterocycles. The quantitative estimate of drug-likeness (QED) is 0.600. The zero-order chi connectivity index (χ0) is 20.1. The summed E-state index contributed by atoms with van der Waals surface area (Å²) in [5.41, 5.74) is 2.36. The zero-order valence-corrected chi connectivity index (χ0v) is 17.5. The molecule has 3 heterocycles. The Hall–Kier alpha value is -2.57. The van der Waals surface area contributed by atoms with Crippen molar-refractivity contribution in [1.29, 1.82) is 0 Å². The number of hydrogen-bond donors (Lipinski definition) is 1. The summed E-state index contributed by atoms with van der Waals surface area (Å²) in [6, 6.07) is 4.04. The van der Waals surface area contributed by atoms with Gasteiger partial charge in [0, 0.05) is 50.6 Å². The lowest BCUT2D eigenvalue weighted by atomic mass is 10.0. The van der Waals surface area contributed by atoms with E-state index in [1.165, 1.54) is 18.4 Å². The number of nitrogens with one attached hydrogen (secondary N) is 1. The minimum absolute atomic E-state index is 0.305. The second kappa shape index (κ2) is 9.29. The molecule has 2 aliphatic rings. The van der Waals surface area contributed by atoms with Gasteiger partial charge in [-0.1, -0.05) is 6.07 Å². The average Bonchev–Trinajstić information content (AvgIpc) is 3.48. The highest BCUT2D eigenvalue weighted by Crippen LogP contribution is 2.28. The van der Waals surface area contributed by atoms with E-state index in [1.54, 1.807) is 0 Å². The van der Waals surface area contributed by atoms with Gasteiger partial charge in [-0.2, -0.15) is 5.10 Å². The summed E-state index contributed by atoms with van der Waals surface area (Å²) in [5, 5.41) is 7.79. The van der Waals surface area contributed by atoms with Crippen molar-refractivity contribution in [1.82, 2.24) is 25.0 Å². The predicted molar refractivity (Wildman–Crippen MR) is 114 cm³/mol. The number of ether oxygens (including phenoxy) is 1. The fourth-order valence-corrected chi connectivity index (χ4v) is 4.28. The van der Waals surface area contributed by atoms with Gasteiger partial charge in [0.25, 0.3) is 0 Å². The Morgan fingerprint density at radius 2 is 2.17 bits per heavy atom. The molecule has 29 heavy (non-hydrogen) atoms. The van der Waals surface area contributed by atoms with Crippen LogP contribution in [0.1, 0.15) is 56.1 Å². The van der Waals surface area contributed by atoms with Gasteiger partial charge in [-0.15, -0.1) is 0 Å². The van der Waals surface area contributed by atoms with Crippen molar-refractivity contribution in [2.45, 2.75) is 57.6 Å². The maximum absolute atomic E-state index is 6.18. The van der Waals surface area contributed by atoms with Crippen LogP contribution < -0.4 is 10.1 Å². The van der Waals surface area contributed by atoms with Gasteiger partial charge >= 0.3 is 0 Å². The number of aliphatic imine (C=N–C) groups is 1. The molecular formula is C22H32N6O. The van der Waals surface area contributed by atoms with Gasteiger partial charge < -0.3 is 15.0 Å². The van der Waals surface area contributed by atoms with Crippen molar-refractivity contribution in [3.05, 3.63) is 41.9 Å². The normalized spacial score (nSPS) is 20.4. The van der Waals surface area contributed by atoms with Gasteiger partial charge in [-0.25, -0.2) is 9.98 Å². The molecule has 7 heteroatoms. The maximum Gasteiger partial charge on any atom is 0.218 e. The number of aromatic nitrogens is 3. The maximum atomic E-state index is 6.18. The van der Waals surface area contributed by atoms with E-state index in [0.29, 0.717) is 18.6 Å². The lowest BCUT2D eigenvalue weighted by molar-refractivity contribution is 0.199. The SMILES string of the molecule is CCNC(=NCc1cccnc1OC1CCCC1)N1CCC(c2cnn(C)c2)C1. The first kappa shape index (κ1) is 19.7. The number of guanidine groups is 1. The van der Waals surface area contributed by atoms with Gasteiger partial charge in [-0.05, 0) is 50.7 Å². The second-order valence-electron chi connectivity index (χ2n) is 8.04. The van der Waals surface area contributed by atoms with Crippen molar-refractivity contribution < 1.29 is 4.74 Å². The number of hydrogen-bond acceptors (Lipinski definition) is 4. The Kier molecular flexibility index (Phi) is 6.32. The van der Waals surface area contributed by atoms with Crippen LogP contribution in [0.4, 0.5) is 0 Å². The first-order valence-corrected chi connectivity index (χ1v) is 10.8. The van der Waals surface area contributed by atoms with Crippen molar-refractivity contribution in [3.8, 4) is 5.88 Å². The lowest BCUT2D eigenvalue weighted by Crippen LogP contribution is -2.40. The highest BCUT2D eigenvalue weighted by Gasteiger charge is 2.27. The third kappa shape index (κ3) is 4.89. The van der Waals surface area contributed by atoms with Crippen LogP contribution in [-0.4, -0.2) is 51.4 Å². The Labute approximate surface area is 173 Å². The van der Waals surface area contributed by atoms with E-state index in [0.717, 1.165) is 56.3 Å². The Balaban J connectivity index is 1.44. The minimum atomic E-state index is 0.305. The topological polar surface area (TPSA) is 67.6 Å². The van der Waals surface area contributed by atoms with Crippen LogP contribution in [0.3, 0.4) is 0 Å². The van der Waals surface area contributed by atoms with Gasteiger partial charge in [0.05, 0.1) is 12.7 Å². The number of pyridine rings is 1. The molecule has 1 aliphatic carbocycles. The molecule has 0 bridgehead atoms. The molecule has 1 unspecified atom stereocenters. The van der Waals surface area contributed by atoms with E-state index < -0.39 is 0 Å². The third-order valence-corrected chi connectivity index (χ3v) is 5.85. The van der Waals surface area contributed by atoms with Crippen LogP contribution in [-0.2, 0) is 13.6 Å². The zero-order valence-electron chi connectivity index (χ0n) is 17.5. The van der Waals surface area contributed by atoms with E-state index in [2.05, 4.69) is 39.5 Å². The van der Waals surface area contributed by atoms with Crippen LogP contribution in [0.15, 0.2) is 35.7 Å². The van der Waals surface area contributed by atoms with E-state index in [-0.39, 0.29) is 0 Å². The molecule has 0 amide bonds. The van der Waals surface area contributed by atoms with Crippen LogP contribution in [0.2, 0.25) is 0 Å².